The molecule has 20 heavy (non-hydrogen) atoms. The Morgan fingerprint density at radius 3 is 2.75 bits per heavy atom. The maximum absolute atomic E-state index is 5.71. The average Bonchev–Trinajstić information content (AvgIpc) is 2.95. The van der Waals surface area contributed by atoms with Gasteiger partial charge < -0.3 is 9.73 Å². The Hall–Kier alpha value is -2.29. The number of anilines is 1. The smallest absolute Gasteiger partial charge is 0.123 e. The Morgan fingerprint density at radius 1 is 1.10 bits per heavy atom. The van der Waals surface area contributed by atoms with E-state index < -0.39 is 0 Å². The summed E-state index contributed by atoms with van der Waals surface area (Å²) in [6, 6.07) is 12.3. The molecule has 3 aromatic rings. The van der Waals surface area contributed by atoms with Gasteiger partial charge in [-0.3, -0.25) is 4.98 Å². The van der Waals surface area contributed by atoms with Gasteiger partial charge in [-0.25, -0.2) is 0 Å². The van der Waals surface area contributed by atoms with Crippen molar-refractivity contribution in [3.05, 3.63) is 59.7 Å². The second-order valence-corrected chi connectivity index (χ2v) is 4.90. The largest absolute Gasteiger partial charge is 0.464 e. The molecule has 0 aliphatic carbocycles. The van der Waals surface area contributed by atoms with E-state index in [0.29, 0.717) is 6.54 Å². The Bertz CT molecular complexity index is 731. The fourth-order valence-electron chi connectivity index (χ4n) is 2.36. The van der Waals surface area contributed by atoms with E-state index in [4.69, 9.17) is 4.42 Å². The number of aromatic nitrogens is 1. The van der Waals surface area contributed by atoms with E-state index in [1.807, 2.05) is 24.4 Å². The van der Waals surface area contributed by atoms with Crippen LogP contribution in [0.25, 0.3) is 10.9 Å². The van der Waals surface area contributed by atoms with Gasteiger partial charge in [0, 0.05) is 23.7 Å². The number of pyridine rings is 1. The quantitative estimate of drug-likeness (QED) is 0.764. The zero-order valence-corrected chi connectivity index (χ0v) is 11.8. The topological polar surface area (TPSA) is 38.1 Å². The van der Waals surface area contributed by atoms with Crippen LogP contribution in [-0.2, 0) is 13.0 Å². The molecule has 0 aliphatic rings. The summed E-state index contributed by atoms with van der Waals surface area (Å²) in [6.45, 7) is 4.86. The molecule has 0 atom stereocenters. The van der Waals surface area contributed by atoms with Gasteiger partial charge in [0.05, 0.1) is 12.1 Å². The molecule has 102 valence electrons. The summed E-state index contributed by atoms with van der Waals surface area (Å²) in [5.41, 5.74) is 3.33. The van der Waals surface area contributed by atoms with E-state index in [0.717, 1.165) is 34.5 Å². The second kappa shape index (κ2) is 5.37. The van der Waals surface area contributed by atoms with Crippen LogP contribution in [0, 0.1) is 6.92 Å². The van der Waals surface area contributed by atoms with Gasteiger partial charge in [-0.1, -0.05) is 13.0 Å². The van der Waals surface area contributed by atoms with Crippen LogP contribution in [0.4, 0.5) is 5.69 Å². The van der Waals surface area contributed by atoms with Crippen molar-refractivity contribution in [1.82, 2.24) is 4.98 Å². The molecule has 0 spiro atoms. The van der Waals surface area contributed by atoms with Crippen molar-refractivity contribution in [1.29, 1.82) is 0 Å². The van der Waals surface area contributed by atoms with E-state index >= 15 is 0 Å². The molecular formula is C17H18N2O. The summed E-state index contributed by atoms with van der Waals surface area (Å²) in [5.74, 6) is 1.98. The Balaban J connectivity index is 1.86. The van der Waals surface area contributed by atoms with Crippen LogP contribution in [0.3, 0.4) is 0 Å². The molecule has 2 aromatic heterocycles. The van der Waals surface area contributed by atoms with E-state index in [2.05, 4.69) is 42.3 Å². The molecule has 1 N–H and O–H groups in total. The number of hydrogen-bond donors (Lipinski definition) is 1. The first-order chi connectivity index (χ1) is 9.78. The molecular weight excluding hydrogens is 248 g/mol. The lowest BCUT2D eigenvalue weighted by Crippen LogP contribution is -1.99. The zero-order valence-electron chi connectivity index (χ0n) is 11.8. The molecule has 3 nitrogen and oxygen atoms in total. The fraction of sp³-hybridized carbons (Fsp3) is 0.235. The number of fused-ring (bicyclic) bond motifs is 1. The van der Waals surface area contributed by atoms with Crippen molar-refractivity contribution >= 4 is 16.6 Å². The molecule has 3 heteroatoms. The fourth-order valence-corrected chi connectivity index (χ4v) is 2.36. The van der Waals surface area contributed by atoms with Crippen molar-refractivity contribution in [2.24, 2.45) is 0 Å². The van der Waals surface area contributed by atoms with Gasteiger partial charge in [0.25, 0.3) is 0 Å². The van der Waals surface area contributed by atoms with Crippen molar-refractivity contribution in [2.75, 3.05) is 5.32 Å². The monoisotopic (exact) mass is 266 g/mol. The van der Waals surface area contributed by atoms with Crippen LogP contribution in [0.5, 0.6) is 0 Å². The normalized spacial score (nSPS) is 10.9. The lowest BCUT2D eigenvalue weighted by Gasteiger charge is -2.09. The number of aryl methyl sites for hydroxylation is 2. The van der Waals surface area contributed by atoms with E-state index in [1.165, 1.54) is 5.56 Å². The average molecular weight is 266 g/mol. The maximum atomic E-state index is 5.71. The third-order valence-corrected chi connectivity index (χ3v) is 3.49. The summed E-state index contributed by atoms with van der Waals surface area (Å²) < 4.78 is 5.71. The maximum Gasteiger partial charge on any atom is 0.123 e. The minimum absolute atomic E-state index is 0.688. The third kappa shape index (κ3) is 2.39. The standard InChI is InChI=1S/C17H18N2O/c1-3-13-7-8-14(20-13)11-19-16-9-6-12(2)17-15(16)5-4-10-18-17/h4-10,19H,3,11H2,1-2H3. The minimum atomic E-state index is 0.688. The molecule has 0 saturated heterocycles. The van der Waals surface area contributed by atoms with Crippen molar-refractivity contribution in [3.8, 4) is 0 Å². The lowest BCUT2D eigenvalue weighted by atomic mass is 10.1. The van der Waals surface area contributed by atoms with Crippen LogP contribution < -0.4 is 5.32 Å². The highest BCUT2D eigenvalue weighted by Crippen LogP contribution is 2.25. The summed E-state index contributed by atoms with van der Waals surface area (Å²) in [5, 5.41) is 4.58. The highest BCUT2D eigenvalue weighted by Gasteiger charge is 2.05. The summed E-state index contributed by atoms with van der Waals surface area (Å²) in [4.78, 5) is 4.45. The summed E-state index contributed by atoms with van der Waals surface area (Å²) in [6.07, 6.45) is 2.76. The number of hydrogen-bond acceptors (Lipinski definition) is 3. The number of nitrogens with zero attached hydrogens (tertiary/aromatic N) is 1. The molecule has 0 bridgehead atoms. The van der Waals surface area contributed by atoms with Crippen molar-refractivity contribution < 1.29 is 4.42 Å². The van der Waals surface area contributed by atoms with Crippen LogP contribution >= 0.6 is 0 Å². The first-order valence-electron chi connectivity index (χ1n) is 6.93. The van der Waals surface area contributed by atoms with Gasteiger partial charge in [-0.15, -0.1) is 0 Å². The number of nitrogens with one attached hydrogen (secondary N) is 1. The van der Waals surface area contributed by atoms with Gasteiger partial charge in [-0.2, -0.15) is 0 Å². The molecule has 0 amide bonds. The molecule has 0 radical (unpaired) electrons. The zero-order chi connectivity index (χ0) is 13.9. The van der Waals surface area contributed by atoms with Crippen LogP contribution in [0.15, 0.2) is 47.0 Å². The number of benzene rings is 1. The number of rotatable bonds is 4. The van der Waals surface area contributed by atoms with E-state index in [9.17, 15) is 0 Å². The van der Waals surface area contributed by atoms with Gasteiger partial charge in [0.2, 0.25) is 0 Å². The summed E-state index contributed by atoms with van der Waals surface area (Å²) >= 11 is 0. The van der Waals surface area contributed by atoms with Gasteiger partial charge >= 0.3 is 0 Å². The van der Waals surface area contributed by atoms with E-state index in [-0.39, 0.29) is 0 Å². The highest BCUT2D eigenvalue weighted by atomic mass is 16.3. The van der Waals surface area contributed by atoms with Crippen LogP contribution in [0.1, 0.15) is 24.0 Å². The van der Waals surface area contributed by atoms with Crippen molar-refractivity contribution in [2.45, 2.75) is 26.8 Å². The first kappa shape index (κ1) is 12.7. The Morgan fingerprint density at radius 2 is 1.95 bits per heavy atom. The predicted octanol–water partition coefficient (Wildman–Crippen LogP) is 4.31. The van der Waals surface area contributed by atoms with Gasteiger partial charge in [0.15, 0.2) is 0 Å². The molecule has 0 saturated carbocycles. The van der Waals surface area contributed by atoms with Crippen molar-refractivity contribution in [3.63, 3.8) is 0 Å². The van der Waals surface area contributed by atoms with Crippen LogP contribution in [0.2, 0.25) is 0 Å². The molecule has 2 heterocycles. The summed E-state index contributed by atoms with van der Waals surface area (Å²) in [7, 11) is 0. The van der Waals surface area contributed by atoms with E-state index in [1.54, 1.807) is 0 Å². The van der Waals surface area contributed by atoms with Gasteiger partial charge in [-0.05, 0) is 42.8 Å². The third-order valence-electron chi connectivity index (χ3n) is 3.49. The highest BCUT2D eigenvalue weighted by molar-refractivity contribution is 5.93. The number of furan rings is 1. The Labute approximate surface area is 118 Å². The molecule has 0 aliphatic heterocycles. The molecule has 1 aromatic carbocycles. The second-order valence-electron chi connectivity index (χ2n) is 4.90. The minimum Gasteiger partial charge on any atom is -0.464 e. The molecule has 3 rings (SSSR count). The lowest BCUT2D eigenvalue weighted by molar-refractivity contribution is 0.476. The predicted molar refractivity (Wildman–Crippen MR) is 81.9 cm³/mol. The molecule has 0 unspecified atom stereocenters. The molecule has 0 fully saturated rings. The Kier molecular flexibility index (Phi) is 3.42. The first-order valence-corrected chi connectivity index (χ1v) is 6.93. The van der Waals surface area contributed by atoms with Crippen LogP contribution in [-0.4, -0.2) is 4.98 Å². The SMILES string of the molecule is CCc1ccc(CNc2ccc(C)c3ncccc23)o1. The van der Waals surface area contributed by atoms with Gasteiger partial charge in [0.1, 0.15) is 11.5 Å².